The predicted octanol–water partition coefficient (Wildman–Crippen LogP) is 4.22. The lowest BCUT2D eigenvalue weighted by Gasteiger charge is -2.25. The average molecular weight is 399 g/mol. The highest BCUT2D eigenvalue weighted by atomic mass is 79.9. The van der Waals surface area contributed by atoms with E-state index in [2.05, 4.69) is 22.5 Å². The second-order valence-corrected chi connectivity index (χ2v) is 7.23. The summed E-state index contributed by atoms with van der Waals surface area (Å²) in [5, 5.41) is 0. The zero-order valence-corrected chi connectivity index (χ0v) is 15.6. The Hall–Kier alpha value is -2.40. The predicted molar refractivity (Wildman–Crippen MR) is 104 cm³/mol. The van der Waals surface area contributed by atoms with Gasteiger partial charge in [-0.2, -0.15) is 0 Å². The molecular weight excluding hydrogens is 380 g/mol. The molecule has 25 heavy (non-hydrogen) atoms. The SMILES string of the molecule is C=C(Br)CN1C(=O)C(C)CN(C(=O)c2ccccc2)c2ccccc21. The van der Waals surface area contributed by atoms with Gasteiger partial charge >= 0.3 is 0 Å². The van der Waals surface area contributed by atoms with E-state index in [4.69, 9.17) is 0 Å². The van der Waals surface area contributed by atoms with Crippen LogP contribution in [0.1, 0.15) is 17.3 Å². The van der Waals surface area contributed by atoms with Gasteiger partial charge in [0.05, 0.1) is 23.8 Å². The molecule has 0 spiro atoms. The number of fused-ring (bicyclic) bond motifs is 1. The molecule has 4 nitrogen and oxygen atoms in total. The Bertz CT molecular complexity index is 819. The summed E-state index contributed by atoms with van der Waals surface area (Å²) >= 11 is 3.35. The highest BCUT2D eigenvalue weighted by Crippen LogP contribution is 2.35. The van der Waals surface area contributed by atoms with Gasteiger partial charge in [-0.15, -0.1) is 0 Å². The molecule has 0 saturated carbocycles. The number of benzene rings is 2. The molecule has 1 aliphatic heterocycles. The molecule has 5 heteroatoms. The molecule has 0 N–H and O–H groups in total. The van der Waals surface area contributed by atoms with E-state index in [0.29, 0.717) is 23.1 Å². The summed E-state index contributed by atoms with van der Waals surface area (Å²) in [6.07, 6.45) is 0. The molecular formula is C20H19BrN2O2. The number of rotatable bonds is 3. The number of carbonyl (C=O) groups is 2. The third kappa shape index (κ3) is 3.51. The van der Waals surface area contributed by atoms with Crippen LogP contribution in [0.3, 0.4) is 0 Å². The molecule has 1 aliphatic rings. The lowest BCUT2D eigenvalue weighted by molar-refractivity contribution is -0.121. The molecule has 0 fully saturated rings. The molecule has 1 heterocycles. The Morgan fingerprint density at radius 1 is 1.12 bits per heavy atom. The Morgan fingerprint density at radius 2 is 1.72 bits per heavy atom. The average Bonchev–Trinajstić information content (AvgIpc) is 2.72. The van der Waals surface area contributed by atoms with Crippen molar-refractivity contribution in [2.24, 2.45) is 5.92 Å². The first-order chi connectivity index (χ1) is 12.0. The van der Waals surface area contributed by atoms with Crippen LogP contribution in [-0.2, 0) is 4.79 Å². The first kappa shape index (κ1) is 17.4. The number of halogens is 1. The van der Waals surface area contributed by atoms with Crippen LogP contribution < -0.4 is 9.80 Å². The van der Waals surface area contributed by atoms with E-state index < -0.39 is 0 Å². The molecule has 0 saturated heterocycles. The van der Waals surface area contributed by atoms with Gasteiger partial charge in [0.2, 0.25) is 5.91 Å². The monoisotopic (exact) mass is 398 g/mol. The van der Waals surface area contributed by atoms with Gasteiger partial charge in [-0.1, -0.05) is 59.8 Å². The van der Waals surface area contributed by atoms with Gasteiger partial charge < -0.3 is 9.80 Å². The second kappa shape index (κ2) is 7.23. The number of para-hydroxylation sites is 2. The fourth-order valence-corrected chi connectivity index (χ4v) is 3.27. The highest BCUT2D eigenvalue weighted by molar-refractivity contribution is 9.11. The van der Waals surface area contributed by atoms with E-state index in [1.807, 2.05) is 49.4 Å². The van der Waals surface area contributed by atoms with Gasteiger partial charge in [-0.3, -0.25) is 9.59 Å². The molecule has 0 bridgehead atoms. The number of anilines is 2. The third-order valence-electron chi connectivity index (χ3n) is 4.20. The van der Waals surface area contributed by atoms with Crippen molar-refractivity contribution < 1.29 is 9.59 Å². The minimum atomic E-state index is -0.313. The first-order valence-electron chi connectivity index (χ1n) is 8.09. The van der Waals surface area contributed by atoms with E-state index in [-0.39, 0.29) is 17.7 Å². The van der Waals surface area contributed by atoms with Crippen molar-refractivity contribution in [1.82, 2.24) is 0 Å². The van der Waals surface area contributed by atoms with Gasteiger partial charge in [0.25, 0.3) is 5.91 Å². The van der Waals surface area contributed by atoms with Crippen molar-refractivity contribution in [1.29, 1.82) is 0 Å². The Balaban J connectivity index is 2.09. The summed E-state index contributed by atoms with van der Waals surface area (Å²) in [5.74, 6) is -0.435. The van der Waals surface area contributed by atoms with E-state index in [1.54, 1.807) is 21.9 Å². The fraction of sp³-hybridized carbons (Fsp3) is 0.200. The van der Waals surface area contributed by atoms with Crippen LogP contribution in [-0.4, -0.2) is 24.9 Å². The molecule has 0 radical (unpaired) electrons. The van der Waals surface area contributed by atoms with Crippen LogP contribution in [0.25, 0.3) is 0 Å². The first-order valence-corrected chi connectivity index (χ1v) is 8.89. The summed E-state index contributed by atoms with van der Waals surface area (Å²) in [5.41, 5.74) is 2.07. The number of amides is 2. The fourth-order valence-electron chi connectivity index (χ4n) is 3.02. The lowest BCUT2D eigenvalue weighted by Crippen LogP contribution is -2.38. The Morgan fingerprint density at radius 3 is 2.36 bits per heavy atom. The van der Waals surface area contributed by atoms with Gasteiger partial charge in [-0.05, 0) is 24.3 Å². The highest BCUT2D eigenvalue weighted by Gasteiger charge is 2.33. The molecule has 0 aromatic heterocycles. The summed E-state index contributed by atoms with van der Waals surface area (Å²) < 4.78 is 0.714. The molecule has 2 aromatic carbocycles. The second-order valence-electron chi connectivity index (χ2n) is 6.11. The van der Waals surface area contributed by atoms with Gasteiger partial charge in [-0.25, -0.2) is 0 Å². The van der Waals surface area contributed by atoms with Gasteiger partial charge in [0.15, 0.2) is 0 Å². The minimum Gasteiger partial charge on any atom is -0.306 e. The number of hydrogen-bond acceptors (Lipinski definition) is 2. The summed E-state index contributed by atoms with van der Waals surface area (Å²) in [7, 11) is 0. The zero-order valence-electron chi connectivity index (χ0n) is 14.0. The minimum absolute atomic E-state index is 0.0172. The van der Waals surface area contributed by atoms with E-state index >= 15 is 0 Å². The summed E-state index contributed by atoms with van der Waals surface area (Å²) in [6, 6.07) is 16.6. The molecule has 128 valence electrons. The molecule has 1 unspecified atom stereocenters. The number of carbonyl (C=O) groups excluding carboxylic acids is 2. The van der Waals surface area contributed by atoms with Crippen molar-refractivity contribution in [3.8, 4) is 0 Å². The van der Waals surface area contributed by atoms with Gasteiger partial charge in [0.1, 0.15) is 0 Å². The quantitative estimate of drug-likeness (QED) is 0.775. The molecule has 1 atom stereocenters. The topological polar surface area (TPSA) is 40.6 Å². The van der Waals surface area contributed by atoms with Crippen molar-refractivity contribution in [2.75, 3.05) is 22.9 Å². The van der Waals surface area contributed by atoms with Crippen molar-refractivity contribution in [3.05, 3.63) is 71.2 Å². The lowest BCUT2D eigenvalue weighted by atomic mass is 10.1. The van der Waals surface area contributed by atoms with Crippen molar-refractivity contribution in [3.63, 3.8) is 0 Å². The molecule has 2 amide bonds. The summed E-state index contributed by atoms with van der Waals surface area (Å²) in [6.45, 7) is 6.42. The van der Waals surface area contributed by atoms with Crippen LogP contribution in [0, 0.1) is 5.92 Å². The van der Waals surface area contributed by atoms with E-state index in [1.165, 1.54) is 0 Å². The smallest absolute Gasteiger partial charge is 0.258 e. The van der Waals surface area contributed by atoms with Crippen LogP contribution in [0.15, 0.2) is 65.7 Å². The third-order valence-corrected chi connectivity index (χ3v) is 4.45. The molecule has 3 rings (SSSR count). The van der Waals surface area contributed by atoms with Crippen molar-refractivity contribution >= 4 is 39.1 Å². The maximum atomic E-state index is 13.1. The van der Waals surface area contributed by atoms with Crippen LogP contribution in [0.2, 0.25) is 0 Å². The largest absolute Gasteiger partial charge is 0.306 e. The van der Waals surface area contributed by atoms with E-state index in [0.717, 1.165) is 11.4 Å². The summed E-state index contributed by atoms with van der Waals surface area (Å²) in [4.78, 5) is 29.3. The van der Waals surface area contributed by atoms with Gasteiger partial charge in [0, 0.05) is 16.6 Å². The number of hydrogen-bond donors (Lipinski definition) is 0. The maximum absolute atomic E-state index is 13.1. The standard InChI is InChI=1S/C20H19BrN2O2/c1-14-12-22(20(25)16-8-4-3-5-9-16)17-10-6-7-11-18(17)23(19(14)24)13-15(2)21/h3-11,14H,2,12-13H2,1H3. The van der Waals surface area contributed by atoms with Crippen LogP contribution in [0.5, 0.6) is 0 Å². The Labute approximate surface area is 155 Å². The number of nitrogens with zero attached hydrogens (tertiary/aromatic N) is 2. The van der Waals surface area contributed by atoms with Crippen LogP contribution in [0.4, 0.5) is 11.4 Å². The molecule has 2 aromatic rings. The van der Waals surface area contributed by atoms with Crippen molar-refractivity contribution in [2.45, 2.75) is 6.92 Å². The molecule has 0 aliphatic carbocycles. The van der Waals surface area contributed by atoms with Crippen LogP contribution >= 0.6 is 15.9 Å². The normalized spacial score (nSPS) is 17.0. The zero-order chi connectivity index (χ0) is 18.0. The Kier molecular flexibility index (Phi) is 5.04. The maximum Gasteiger partial charge on any atom is 0.258 e. The van der Waals surface area contributed by atoms with E-state index in [9.17, 15) is 9.59 Å².